The van der Waals surface area contributed by atoms with Crippen LogP contribution in [0.25, 0.3) is 0 Å². The zero-order valence-electron chi connectivity index (χ0n) is 15.9. The summed E-state index contributed by atoms with van der Waals surface area (Å²) in [5.41, 5.74) is 8.47. The van der Waals surface area contributed by atoms with Crippen molar-refractivity contribution in [1.82, 2.24) is 10.6 Å². The first-order valence-electron chi connectivity index (χ1n) is 9.52. The lowest BCUT2D eigenvalue weighted by Gasteiger charge is -2.30. The highest BCUT2D eigenvalue weighted by atomic mass is 16.1. The van der Waals surface area contributed by atoms with Crippen LogP contribution in [0.1, 0.15) is 47.2 Å². The van der Waals surface area contributed by atoms with Crippen molar-refractivity contribution < 1.29 is 4.79 Å². The maximum Gasteiger partial charge on any atom is 0.248 e. The molecule has 1 aliphatic rings. The second-order valence-electron chi connectivity index (χ2n) is 7.19. The van der Waals surface area contributed by atoms with E-state index < -0.39 is 5.91 Å². The molecule has 0 radical (unpaired) electrons. The maximum absolute atomic E-state index is 11.2. The Balaban J connectivity index is 1.59. The fraction of sp³-hybridized carbons (Fsp3) is 0.364. The van der Waals surface area contributed by atoms with Crippen LogP contribution in [0.15, 0.2) is 59.6 Å². The first-order valence-corrected chi connectivity index (χ1v) is 9.52. The van der Waals surface area contributed by atoms with E-state index in [2.05, 4.69) is 46.0 Å². The first kappa shape index (κ1) is 19.0. The number of carbonyl (C=O) groups excluding carboxylic acids is 1. The molecule has 2 aromatic carbocycles. The van der Waals surface area contributed by atoms with Gasteiger partial charge in [0.15, 0.2) is 5.96 Å². The second kappa shape index (κ2) is 8.71. The van der Waals surface area contributed by atoms with E-state index >= 15 is 0 Å². The first-order chi connectivity index (χ1) is 13.1. The van der Waals surface area contributed by atoms with Gasteiger partial charge in [-0.3, -0.25) is 9.79 Å². The van der Waals surface area contributed by atoms with Crippen LogP contribution in [-0.2, 0) is 12.0 Å². The Hall–Kier alpha value is -2.82. The van der Waals surface area contributed by atoms with Crippen LogP contribution in [0.5, 0.6) is 0 Å². The van der Waals surface area contributed by atoms with Crippen LogP contribution in [-0.4, -0.2) is 25.5 Å². The minimum atomic E-state index is -0.408. The number of aliphatic imine (C=N–C) groups is 1. The average Bonchev–Trinajstić information content (AvgIpc) is 3.19. The van der Waals surface area contributed by atoms with Gasteiger partial charge in [-0.25, -0.2) is 0 Å². The molecule has 2 aromatic rings. The van der Waals surface area contributed by atoms with Gasteiger partial charge in [0.1, 0.15) is 0 Å². The fourth-order valence-electron chi connectivity index (χ4n) is 3.86. The van der Waals surface area contributed by atoms with Crippen LogP contribution in [0, 0.1) is 0 Å². The summed E-state index contributed by atoms with van der Waals surface area (Å²) in [6.45, 7) is 1.51. The number of nitrogens with one attached hydrogen (secondary N) is 2. The molecule has 0 aliphatic heterocycles. The number of benzene rings is 2. The Morgan fingerprint density at radius 1 is 1.04 bits per heavy atom. The molecule has 0 bridgehead atoms. The van der Waals surface area contributed by atoms with E-state index in [-0.39, 0.29) is 5.41 Å². The van der Waals surface area contributed by atoms with Crippen molar-refractivity contribution in [2.75, 3.05) is 13.6 Å². The number of guanidine groups is 1. The lowest BCUT2D eigenvalue weighted by molar-refractivity contribution is 0.100. The normalized spacial score (nSPS) is 16.1. The van der Waals surface area contributed by atoms with E-state index in [0.29, 0.717) is 12.1 Å². The summed E-state index contributed by atoms with van der Waals surface area (Å²) in [6, 6.07) is 18.1. The van der Waals surface area contributed by atoms with Gasteiger partial charge in [0, 0.05) is 31.1 Å². The molecule has 1 aliphatic carbocycles. The summed E-state index contributed by atoms with van der Waals surface area (Å²) in [6.07, 6.45) is 4.95. The van der Waals surface area contributed by atoms with Crippen LogP contribution in [0.4, 0.5) is 0 Å². The number of hydrogen-bond acceptors (Lipinski definition) is 2. The molecule has 0 atom stereocenters. The van der Waals surface area contributed by atoms with Crippen LogP contribution in [0.2, 0.25) is 0 Å². The molecule has 3 rings (SSSR count). The number of rotatable bonds is 6. The number of carbonyl (C=O) groups is 1. The third kappa shape index (κ3) is 4.67. The molecule has 27 heavy (non-hydrogen) atoms. The standard InChI is InChI=1S/C22H28N4O/c1-24-21(25-15-17-9-11-18(12-10-17)20(23)27)26-16-22(13-5-6-14-22)19-7-3-2-4-8-19/h2-4,7-12H,5-6,13-16H2,1H3,(H2,23,27)(H2,24,25,26). The maximum atomic E-state index is 11.2. The summed E-state index contributed by atoms with van der Waals surface area (Å²) in [7, 11) is 1.79. The summed E-state index contributed by atoms with van der Waals surface area (Å²) < 4.78 is 0. The Morgan fingerprint density at radius 3 is 2.30 bits per heavy atom. The minimum Gasteiger partial charge on any atom is -0.366 e. The van der Waals surface area contributed by atoms with Crippen molar-refractivity contribution >= 4 is 11.9 Å². The van der Waals surface area contributed by atoms with Crippen molar-refractivity contribution in [1.29, 1.82) is 0 Å². The van der Waals surface area contributed by atoms with Gasteiger partial charge in [0.05, 0.1) is 0 Å². The van der Waals surface area contributed by atoms with E-state index in [9.17, 15) is 4.79 Å². The number of hydrogen-bond donors (Lipinski definition) is 3. The molecular weight excluding hydrogens is 336 g/mol. The van der Waals surface area contributed by atoms with Crippen molar-refractivity contribution in [3.05, 3.63) is 71.3 Å². The van der Waals surface area contributed by atoms with Crippen molar-refractivity contribution in [3.8, 4) is 0 Å². The quantitative estimate of drug-likeness (QED) is 0.545. The predicted molar refractivity (Wildman–Crippen MR) is 110 cm³/mol. The molecule has 4 N–H and O–H groups in total. The van der Waals surface area contributed by atoms with E-state index in [1.165, 1.54) is 31.2 Å². The van der Waals surface area contributed by atoms with Crippen molar-refractivity contribution in [2.24, 2.45) is 10.7 Å². The molecule has 0 saturated heterocycles. The van der Waals surface area contributed by atoms with Gasteiger partial charge >= 0.3 is 0 Å². The van der Waals surface area contributed by atoms with Gasteiger partial charge in [0.2, 0.25) is 5.91 Å². The third-order valence-electron chi connectivity index (χ3n) is 5.46. The number of nitrogens with zero attached hydrogens (tertiary/aromatic N) is 1. The van der Waals surface area contributed by atoms with Crippen molar-refractivity contribution in [2.45, 2.75) is 37.6 Å². The predicted octanol–water partition coefficient (Wildman–Crippen LogP) is 2.96. The fourth-order valence-corrected chi connectivity index (χ4v) is 3.86. The summed E-state index contributed by atoms with van der Waals surface area (Å²) >= 11 is 0. The van der Waals surface area contributed by atoms with Crippen LogP contribution >= 0.6 is 0 Å². The van der Waals surface area contributed by atoms with E-state index in [1.54, 1.807) is 19.2 Å². The van der Waals surface area contributed by atoms with Crippen molar-refractivity contribution in [3.63, 3.8) is 0 Å². The molecule has 0 aromatic heterocycles. The topological polar surface area (TPSA) is 79.5 Å². The van der Waals surface area contributed by atoms with E-state index in [1.807, 2.05) is 12.1 Å². The number of amides is 1. The smallest absolute Gasteiger partial charge is 0.248 e. The molecule has 0 heterocycles. The average molecular weight is 364 g/mol. The summed E-state index contributed by atoms with van der Waals surface area (Å²) in [4.78, 5) is 15.5. The molecular formula is C22H28N4O. The molecule has 5 nitrogen and oxygen atoms in total. The highest BCUT2D eigenvalue weighted by molar-refractivity contribution is 5.92. The monoisotopic (exact) mass is 364 g/mol. The van der Waals surface area contributed by atoms with Gasteiger partial charge in [-0.15, -0.1) is 0 Å². The zero-order chi connectivity index (χ0) is 19.1. The van der Waals surface area contributed by atoms with Gasteiger partial charge in [-0.1, -0.05) is 55.3 Å². The molecule has 0 spiro atoms. The van der Waals surface area contributed by atoms with Gasteiger partial charge in [0.25, 0.3) is 0 Å². The molecule has 1 saturated carbocycles. The Morgan fingerprint density at radius 2 is 1.70 bits per heavy atom. The minimum absolute atomic E-state index is 0.183. The van der Waals surface area contributed by atoms with E-state index in [4.69, 9.17) is 5.73 Å². The molecule has 0 unspecified atom stereocenters. The summed E-state index contributed by atoms with van der Waals surface area (Å²) in [5.74, 6) is 0.381. The highest BCUT2D eigenvalue weighted by Gasteiger charge is 2.35. The highest BCUT2D eigenvalue weighted by Crippen LogP contribution is 2.40. The largest absolute Gasteiger partial charge is 0.366 e. The van der Waals surface area contributed by atoms with Crippen LogP contribution < -0.4 is 16.4 Å². The van der Waals surface area contributed by atoms with Gasteiger partial charge in [-0.05, 0) is 36.1 Å². The zero-order valence-corrected chi connectivity index (χ0v) is 15.9. The molecule has 1 fully saturated rings. The molecule has 1 amide bonds. The lowest BCUT2D eigenvalue weighted by Crippen LogP contribution is -2.44. The van der Waals surface area contributed by atoms with Gasteiger partial charge < -0.3 is 16.4 Å². The van der Waals surface area contributed by atoms with Gasteiger partial charge in [-0.2, -0.15) is 0 Å². The molecule has 142 valence electrons. The SMILES string of the molecule is CN=C(NCc1ccc(C(N)=O)cc1)NCC1(c2ccccc2)CCCC1. The summed E-state index contributed by atoms with van der Waals surface area (Å²) in [5, 5.41) is 6.87. The molecule has 5 heteroatoms. The van der Waals surface area contributed by atoms with E-state index in [0.717, 1.165) is 18.1 Å². The second-order valence-corrected chi connectivity index (χ2v) is 7.19. The van der Waals surface area contributed by atoms with Crippen LogP contribution in [0.3, 0.4) is 0 Å². The lowest BCUT2D eigenvalue weighted by atomic mass is 9.79. The Labute approximate surface area is 161 Å². The Kier molecular flexibility index (Phi) is 6.12. The number of primary amides is 1. The number of nitrogens with two attached hydrogens (primary N) is 1. The Bertz CT molecular complexity index is 778. The third-order valence-corrected chi connectivity index (χ3v) is 5.46.